The van der Waals surface area contributed by atoms with E-state index >= 15 is 0 Å². The molecular formula is C28H54O4. The molecule has 0 aromatic heterocycles. The molecule has 0 aliphatic heterocycles. The minimum absolute atomic E-state index is 0.0287. The smallest absolute Gasteiger partial charge is 0.306 e. The van der Waals surface area contributed by atoms with E-state index in [-0.39, 0.29) is 46.4 Å². The molecule has 0 amide bonds. The van der Waals surface area contributed by atoms with Gasteiger partial charge >= 0.3 is 11.9 Å². The standard InChI is InChI=1S/C28H54O4/c1-23(2,3)17-27(13,18-24(4,5)6)31-21(29)15-16-22(30)32-28(14,19-25(7,8)9)20-26(10,11)12/h15-20H2,1-14H3. The Morgan fingerprint density at radius 3 is 0.781 bits per heavy atom. The lowest BCUT2D eigenvalue weighted by Crippen LogP contribution is -2.40. The summed E-state index contributed by atoms with van der Waals surface area (Å²) in [5.41, 5.74) is -1.02. The third-order valence-electron chi connectivity index (χ3n) is 4.87. The average Bonchev–Trinajstić information content (AvgIpc) is 2.34. The Balaban J connectivity index is 5.18. The van der Waals surface area contributed by atoms with Gasteiger partial charge in [-0.2, -0.15) is 0 Å². The van der Waals surface area contributed by atoms with Gasteiger partial charge in [-0.25, -0.2) is 0 Å². The van der Waals surface area contributed by atoms with Crippen molar-refractivity contribution in [2.45, 2.75) is 147 Å². The largest absolute Gasteiger partial charge is 0.459 e. The summed E-state index contributed by atoms with van der Waals surface area (Å²) in [7, 11) is 0. The van der Waals surface area contributed by atoms with Gasteiger partial charge in [-0.15, -0.1) is 0 Å². The molecule has 0 bridgehead atoms. The van der Waals surface area contributed by atoms with Crippen LogP contribution in [0, 0.1) is 21.7 Å². The quantitative estimate of drug-likeness (QED) is 0.330. The van der Waals surface area contributed by atoms with Crippen LogP contribution in [-0.2, 0) is 19.1 Å². The van der Waals surface area contributed by atoms with Crippen LogP contribution in [0.3, 0.4) is 0 Å². The van der Waals surface area contributed by atoms with Crippen molar-refractivity contribution in [3.05, 3.63) is 0 Å². The van der Waals surface area contributed by atoms with Gasteiger partial charge in [0.25, 0.3) is 0 Å². The molecule has 0 aliphatic carbocycles. The fourth-order valence-electron chi connectivity index (χ4n) is 5.61. The van der Waals surface area contributed by atoms with Crippen LogP contribution in [0.15, 0.2) is 0 Å². The Bertz CT molecular complexity index is 530. The minimum Gasteiger partial charge on any atom is -0.459 e. The molecule has 0 aromatic rings. The summed E-state index contributed by atoms with van der Waals surface area (Å²) < 4.78 is 12.0. The second-order valence-corrected chi connectivity index (χ2v) is 15.3. The van der Waals surface area contributed by atoms with Gasteiger partial charge in [0.05, 0.1) is 12.8 Å². The fraction of sp³-hybridized carbons (Fsp3) is 0.929. The highest BCUT2D eigenvalue weighted by molar-refractivity contribution is 5.78. The van der Waals surface area contributed by atoms with Gasteiger partial charge in [-0.3, -0.25) is 9.59 Å². The van der Waals surface area contributed by atoms with Gasteiger partial charge in [-0.05, 0) is 61.2 Å². The van der Waals surface area contributed by atoms with Gasteiger partial charge in [0.15, 0.2) is 0 Å². The third-order valence-corrected chi connectivity index (χ3v) is 4.87. The molecule has 0 heterocycles. The highest BCUT2D eigenvalue weighted by Crippen LogP contribution is 2.40. The van der Waals surface area contributed by atoms with E-state index in [2.05, 4.69) is 83.1 Å². The number of esters is 2. The van der Waals surface area contributed by atoms with E-state index in [1.165, 1.54) is 0 Å². The molecule has 4 heteroatoms. The zero-order valence-corrected chi connectivity index (χ0v) is 23.9. The van der Waals surface area contributed by atoms with Crippen LogP contribution in [0.1, 0.15) is 135 Å². The Hall–Kier alpha value is -1.06. The SMILES string of the molecule is CC(C)(C)CC(C)(CC(C)(C)C)OC(=O)CCC(=O)OC(C)(CC(C)(C)C)CC(C)(C)C. The molecule has 0 aliphatic rings. The van der Waals surface area contributed by atoms with E-state index in [0.717, 1.165) is 25.7 Å². The lowest BCUT2D eigenvalue weighted by atomic mass is 9.74. The molecule has 0 saturated carbocycles. The first kappa shape index (κ1) is 30.9. The zero-order chi connectivity index (χ0) is 25.8. The van der Waals surface area contributed by atoms with Crippen LogP contribution < -0.4 is 0 Å². The predicted octanol–water partition coefficient (Wildman–Crippen LogP) is 8.12. The van der Waals surface area contributed by atoms with E-state index in [0.29, 0.717) is 0 Å². The summed E-state index contributed by atoms with van der Waals surface area (Å²) >= 11 is 0. The van der Waals surface area contributed by atoms with E-state index < -0.39 is 11.2 Å². The van der Waals surface area contributed by atoms with Crippen LogP contribution in [0.25, 0.3) is 0 Å². The maximum atomic E-state index is 12.7. The molecule has 0 radical (unpaired) electrons. The van der Waals surface area contributed by atoms with Crippen molar-refractivity contribution < 1.29 is 19.1 Å². The topological polar surface area (TPSA) is 52.6 Å². The maximum Gasteiger partial charge on any atom is 0.306 e. The number of carbonyl (C=O) groups excluding carboxylic acids is 2. The monoisotopic (exact) mass is 454 g/mol. The normalized spacial score (nSPS) is 14.3. The first-order valence-corrected chi connectivity index (χ1v) is 12.3. The summed E-state index contributed by atoms with van der Waals surface area (Å²) in [5.74, 6) is -0.655. The van der Waals surface area contributed by atoms with Crippen LogP contribution >= 0.6 is 0 Å². The lowest BCUT2D eigenvalue weighted by molar-refractivity contribution is -0.171. The van der Waals surface area contributed by atoms with Crippen molar-refractivity contribution in [3.8, 4) is 0 Å². The number of rotatable bonds is 9. The molecule has 0 unspecified atom stereocenters. The molecular weight excluding hydrogens is 400 g/mol. The van der Waals surface area contributed by atoms with Gasteiger partial charge in [-0.1, -0.05) is 83.1 Å². The van der Waals surface area contributed by atoms with Crippen LogP contribution in [0.4, 0.5) is 0 Å². The lowest BCUT2D eigenvalue weighted by Gasteiger charge is -2.40. The van der Waals surface area contributed by atoms with Crippen LogP contribution in [0.5, 0.6) is 0 Å². The molecule has 0 spiro atoms. The van der Waals surface area contributed by atoms with Crippen molar-refractivity contribution in [2.24, 2.45) is 21.7 Å². The van der Waals surface area contributed by atoms with Crippen molar-refractivity contribution in [1.29, 1.82) is 0 Å². The van der Waals surface area contributed by atoms with Crippen molar-refractivity contribution in [1.82, 2.24) is 0 Å². The number of hydrogen-bond acceptors (Lipinski definition) is 4. The number of carbonyl (C=O) groups is 2. The first-order chi connectivity index (χ1) is 13.8. The average molecular weight is 455 g/mol. The van der Waals surface area contributed by atoms with Crippen molar-refractivity contribution in [2.75, 3.05) is 0 Å². The zero-order valence-electron chi connectivity index (χ0n) is 23.9. The summed E-state index contributed by atoms with van der Waals surface area (Å²) in [5, 5.41) is 0. The first-order valence-electron chi connectivity index (χ1n) is 12.3. The highest BCUT2D eigenvalue weighted by Gasteiger charge is 2.39. The Kier molecular flexibility index (Phi) is 10.1. The van der Waals surface area contributed by atoms with Crippen LogP contribution in [0.2, 0.25) is 0 Å². The second-order valence-electron chi connectivity index (χ2n) is 15.3. The fourth-order valence-corrected chi connectivity index (χ4v) is 5.61. The van der Waals surface area contributed by atoms with Gasteiger partial charge in [0, 0.05) is 0 Å². The van der Waals surface area contributed by atoms with Crippen molar-refractivity contribution >= 4 is 11.9 Å². The molecule has 190 valence electrons. The number of ether oxygens (including phenoxy) is 2. The summed E-state index contributed by atoms with van der Waals surface area (Å²) in [6.45, 7) is 29.9. The summed E-state index contributed by atoms with van der Waals surface area (Å²) in [4.78, 5) is 25.5. The number of hydrogen-bond donors (Lipinski definition) is 0. The van der Waals surface area contributed by atoms with E-state index in [1.807, 2.05) is 13.8 Å². The summed E-state index contributed by atoms with van der Waals surface area (Å²) in [6.07, 6.45) is 3.16. The predicted molar refractivity (Wildman–Crippen MR) is 135 cm³/mol. The van der Waals surface area contributed by atoms with E-state index in [1.54, 1.807) is 0 Å². The molecule has 4 nitrogen and oxygen atoms in total. The molecule has 0 aromatic carbocycles. The maximum absolute atomic E-state index is 12.7. The molecule has 0 fully saturated rings. The van der Waals surface area contributed by atoms with Crippen LogP contribution in [-0.4, -0.2) is 23.1 Å². The van der Waals surface area contributed by atoms with E-state index in [4.69, 9.17) is 9.47 Å². The van der Waals surface area contributed by atoms with Gasteiger partial charge in [0.2, 0.25) is 0 Å². The molecule has 0 atom stereocenters. The molecule has 0 saturated heterocycles. The summed E-state index contributed by atoms with van der Waals surface area (Å²) in [6, 6.07) is 0. The van der Waals surface area contributed by atoms with Gasteiger partial charge in [0.1, 0.15) is 11.2 Å². The third kappa shape index (κ3) is 15.7. The molecule has 0 rings (SSSR count). The second kappa shape index (κ2) is 10.5. The Morgan fingerprint density at radius 2 is 0.625 bits per heavy atom. The minimum atomic E-state index is -0.565. The highest BCUT2D eigenvalue weighted by atomic mass is 16.6. The van der Waals surface area contributed by atoms with Gasteiger partial charge < -0.3 is 9.47 Å². The Morgan fingerprint density at radius 1 is 0.438 bits per heavy atom. The van der Waals surface area contributed by atoms with E-state index in [9.17, 15) is 9.59 Å². The molecule has 32 heavy (non-hydrogen) atoms. The Labute approximate surface area is 199 Å². The molecule has 0 N–H and O–H groups in total. The van der Waals surface area contributed by atoms with Crippen molar-refractivity contribution in [3.63, 3.8) is 0 Å².